The number of rotatable bonds is 2. The van der Waals surface area contributed by atoms with Crippen molar-refractivity contribution in [3.63, 3.8) is 0 Å². The van der Waals surface area contributed by atoms with Crippen LogP contribution >= 0.6 is 0 Å². The highest BCUT2D eigenvalue weighted by molar-refractivity contribution is 7.86. The molecule has 0 unspecified atom stereocenters. The molecule has 1 fully saturated rings. The molecular formula is C7H14F2N2O2S. The zero-order valence-corrected chi connectivity index (χ0v) is 8.73. The maximum absolute atomic E-state index is 12.7. The Morgan fingerprint density at radius 3 is 2.14 bits per heavy atom. The van der Waals surface area contributed by atoms with E-state index in [4.69, 9.17) is 5.14 Å². The first-order valence-corrected chi connectivity index (χ1v) is 5.86. The first-order chi connectivity index (χ1) is 6.22. The highest BCUT2D eigenvalue weighted by atomic mass is 32.2. The monoisotopic (exact) mass is 228 g/mol. The Bertz CT molecular complexity index is 295. The summed E-state index contributed by atoms with van der Waals surface area (Å²) in [6, 6.07) is -0.385. The van der Waals surface area contributed by atoms with E-state index in [1.165, 1.54) is 7.05 Å². The third-order valence-corrected chi connectivity index (χ3v) is 3.70. The van der Waals surface area contributed by atoms with Crippen LogP contribution in [0.25, 0.3) is 0 Å². The van der Waals surface area contributed by atoms with Crippen LogP contribution in [0.1, 0.15) is 25.7 Å². The van der Waals surface area contributed by atoms with Crippen LogP contribution in [0, 0.1) is 0 Å². The predicted molar refractivity (Wildman–Crippen MR) is 48.1 cm³/mol. The Hall–Kier alpha value is -0.270. The lowest BCUT2D eigenvalue weighted by Gasteiger charge is -2.32. The van der Waals surface area contributed by atoms with Crippen LogP contribution in [0.3, 0.4) is 0 Å². The van der Waals surface area contributed by atoms with Crippen molar-refractivity contribution in [1.29, 1.82) is 0 Å². The zero-order chi connectivity index (χ0) is 11.0. The molecule has 4 nitrogen and oxygen atoms in total. The molecule has 0 bridgehead atoms. The van der Waals surface area contributed by atoms with Gasteiger partial charge in [0.25, 0.3) is 10.2 Å². The normalized spacial score (nSPS) is 24.1. The van der Waals surface area contributed by atoms with Crippen LogP contribution in [-0.2, 0) is 10.2 Å². The smallest absolute Gasteiger partial charge is 0.216 e. The van der Waals surface area contributed by atoms with Gasteiger partial charge in [-0.15, -0.1) is 0 Å². The number of nitrogens with two attached hydrogens (primary N) is 1. The molecule has 2 N–H and O–H groups in total. The van der Waals surface area contributed by atoms with Gasteiger partial charge in [0.05, 0.1) is 0 Å². The minimum absolute atomic E-state index is 0.167. The standard InChI is InChI=1S/C7H14F2N2O2S/c1-11(14(10,12)13)6-2-4-7(8,9)5-3-6/h6H,2-5H2,1H3,(H2,10,12,13). The molecule has 1 aliphatic rings. The van der Waals surface area contributed by atoms with Crippen LogP contribution in [0.5, 0.6) is 0 Å². The van der Waals surface area contributed by atoms with E-state index >= 15 is 0 Å². The lowest BCUT2D eigenvalue weighted by molar-refractivity contribution is -0.0453. The van der Waals surface area contributed by atoms with E-state index in [9.17, 15) is 17.2 Å². The van der Waals surface area contributed by atoms with E-state index in [-0.39, 0.29) is 31.7 Å². The summed E-state index contributed by atoms with van der Waals surface area (Å²) in [4.78, 5) is 0. The topological polar surface area (TPSA) is 63.4 Å². The molecule has 1 rings (SSSR count). The zero-order valence-electron chi connectivity index (χ0n) is 7.91. The van der Waals surface area contributed by atoms with E-state index in [1.807, 2.05) is 0 Å². The molecule has 0 radical (unpaired) electrons. The van der Waals surface area contributed by atoms with Crippen LogP contribution in [0.2, 0.25) is 0 Å². The SMILES string of the molecule is CN(C1CCC(F)(F)CC1)S(N)(=O)=O. The maximum atomic E-state index is 12.7. The van der Waals surface area contributed by atoms with Crippen molar-refractivity contribution >= 4 is 10.2 Å². The summed E-state index contributed by atoms with van der Waals surface area (Å²) in [7, 11) is -2.43. The average Bonchev–Trinajstić information content (AvgIpc) is 2.01. The van der Waals surface area contributed by atoms with Gasteiger partial charge in [-0.2, -0.15) is 12.7 Å². The van der Waals surface area contributed by atoms with E-state index in [0.29, 0.717) is 0 Å². The Kier molecular flexibility index (Phi) is 3.13. The molecule has 0 aromatic heterocycles. The van der Waals surface area contributed by atoms with Crippen LogP contribution < -0.4 is 5.14 Å². The number of hydrogen-bond acceptors (Lipinski definition) is 2. The molecule has 0 aliphatic heterocycles. The Labute approximate surface area is 82.3 Å². The lowest BCUT2D eigenvalue weighted by Crippen LogP contribution is -2.44. The van der Waals surface area contributed by atoms with Gasteiger partial charge < -0.3 is 0 Å². The Morgan fingerprint density at radius 1 is 1.36 bits per heavy atom. The minimum Gasteiger partial charge on any atom is -0.216 e. The largest absolute Gasteiger partial charge is 0.276 e. The highest BCUT2D eigenvalue weighted by Crippen LogP contribution is 2.34. The van der Waals surface area contributed by atoms with E-state index in [0.717, 1.165) is 4.31 Å². The Balaban J connectivity index is 2.59. The van der Waals surface area contributed by atoms with Gasteiger partial charge in [-0.3, -0.25) is 0 Å². The van der Waals surface area contributed by atoms with Crippen molar-refractivity contribution < 1.29 is 17.2 Å². The van der Waals surface area contributed by atoms with E-state index < -0.39 is 16.1 Å². The van der Waals surface area contributed by atoms with Crippen LogP contribution in [0.4, 0.5) is 8.78 Å². The molecule has 0 aromatic rings. The van der Waals surface area contributed by atoms with Gasteiger partial charge in [-0.05, 0) is 12.8 Å². The summed E-state index contributed by atoms with van der Waals surface area (Å²) < 4.78 is 48.3. The molecule has 0 saturated heterocycles. The second kappa shape index (κ2) is 3.71. The Morgan fingerprint density at radius 2 is 1.79 bits per heavy atom. The van der Waals surface area contributed by atoms with Gasteiger partial charge in [0.2, 0.25) is 5.92 Å². The fraction of sp³-hybridized carbons (Fsp3) is 1.00. The molecule has 84 valence electrons. The van der Waals surface area contributed by atoms with E-state index in [1.54, 1.807) is 0 Å². The number of alkyl halides is 2. The molecular weight excluding hydrogens is 214 g/mol. The number of nitrogens with zero attached hydrogens (tertiary/aromatic N) is 1. The number of hydrogen-bond donors (Lipinski definition) is 1. The summed E-state index contributed by atoms with van der Waals surface area (Å²) >= 11 is 0. The summed E-state index contributed by atoms with van der Waals surface area (Å²) in [6.45, 7) is 0. The quantitative estimate of drug-likeness (QED) is 0.756. The van der Waals surface area contributed by atoms with Crippen molar-refractivity contribution in [1.82, 2.24) is 4.31 Å². The molecule has 0 aromatic carbocycles. The molecule has 14 heavy (non-hydrogen) atoms. The van der Waals surface area contributed by atoms with Crippen molar-refractivity contribution in [3.05, 3.63) is 0 Å². The van der Waals surface area contributed by atoms with Gasteiger partial charge in [-0.25, -0.2) is 13.9 Å². The molecule has 0 heterocycles. The van der Waals surface area contributed by atoms with Gasteiger partial charge >= 0.3 is 0 Å². The summed E-state index contributed by atoms with van der Waals surface area (Å²) in [5.74, 6) is -2.64. The molecule has 0 atom stereocenters. The predicted octanol–water partition coefficient (Wildman–Crippen LogP) is 0.700. The molecule has 0 amide bonds. The molecule has 1 aliphatic carbocycles. The minimum atomic E-state index is -3.75. The first-order valence-electron chi connectivity index (χ1n) is 4.36. The summed E-state index contributed by atoms with van der Waals surface area (Å²) in [5, 5.41) is 4.89. The molecule has 7 heteroatoms. The second-order valence-corrected chi connectivity index (χ2v) is 5.25. The fourth-order valence-corrected chi connectivity index (χ4v) is 2.22. The van der Waals surface area contributed by atoms with Crippen LogP contribution in [-0.4, -0.2) is 31.7 Å². The van der Waals surface area contributed by atoms with Crippen molar-refractivity contribution in [2.45, 2.75) is 37.6 Å². The van der Waals surface area contributed by atoms with Gasteiger partial charge in [0.15, 0.2) is 0 Å². The first kappa shape index (κ1) is 11.8. The second-order valence-electron chi connectivity index (χ2n) is 3.65. The number of halogens is 2. The summed E-state index contributed by atoms with van der Waals surface area (Å²) in [6.07, 6.45) is -0.199. The molecule has 1 saturated carbocycles. The average molecular weight is 228 g/mol. The highest BCUT2D eigenvalue weighted by Gasteiger charge is 2.37. The fourth-order valence-electron chi connectivity index (χ4n) is 1.60. The third-order valence-electron chi connectivity index (χ3n) is 2.60. The van der Waals surface area contributed by atoms with Crippen molar-refractivity contribution in [2.75, 3.05) is 7.05 Å². The van der Waals surface area contributed by atoms with Gasteiger partial charge in [0, 0.05) is 25.9 Å². The van der Waals surface area contributed by atoms with Gasteiger partial charge in [0.1, 0.15) is 0 Å². The van der Waals surface area contributed by atoms with Crippen molar-refractivity contribution in [2.24, 2.45) is 5.14 Å². The maximum Gasteiger partial charge on any atom is 0.276 e. The third kappa shape index (κ3) is 2.86. The van der Waals surface area contributed by atoms with Crippen molar-refractivity contribution in [3.8, 4) is 0 Å². The van der Waals surface area contributed by atoms with Crippen LogP contribution in [0.15, 0.2) is 0 Å². The van der Waals surface area contributed by atoms with E-state index in [2.05, 4.69) is 0 Å². The molecule has 0 spiro atoms. The van der Waals surface area contributed by atoms with Gasteiger partial charge in [-0.1, -0.05) is 0 Å². The lowest BCUT2D eigenvalue weighted by atomic mass is 9.92. The summed E-state index contributed by atoms with van der Waals surface area (Å²) in [5.41, 5.74) is 0.